The van der Waals surface area contributed by atoms with E-state index in [1.54, 1.807) is 0 Å². The van der Waals surface area contributed by atoms with Gasteiger partial charge in [-0.15, -0.1) is 0 Å². The van der Waals surface area contributed by atoms with E-state index >= 15 is 0 Å². The van der Waals surface area contributed by atoms with E-state index in [1.807, 2.05) is 0 Å². The molecule has 0 bridgehead atoms. The van der Waals surface area contributed by atoms with E-state index in [0.29, 0.717) is 0 Å². The van der Waals surface area contributed by atoms with Crippen LogP contribution in [0.3, 0.4) is 0 Å². The fraction of sp³-hybridized carbons (Fsp3) is 1.00. The number of ether oxygens (including phenoxy) is 4. The predicted octanol–water partition coefficient (Wildman–Crippen LogP) is 3.78. The van der Waals surface area contributed by atoms with Crippen molar-refractivity contribution in [3.63, 3.8) is 0 Å². The summed E-state index contributed by atoms with van der Waals surface area (Å²) < 4.78 is 19.6. The molecule has 0 aliphatic carbocycles. The van der Waals surface area contributed by atoms with Gasteiger partial charge in [0.15, 0.2) is 25.2 Å². The zero-order valence-corrected chi connectivity index (χ0v) is 27.1. The highest BCUT2D eigenvalue weighted by atomic mass is 79.9. The van der Waals surface area contributed by atoms with Crippen LogP contribution in [0.15, 0.2) is 0 Å². The first-order chi connectivity index (χ1) is 13.3. The molecule has 0 saturated heterocycles. The molecular formula is C13H20Br8O8. The third-order valence-corrected chi connectivity index (χ3v) is 6.72. The van der Waals surface area contributed by atoms with Crippen LogP contribution in [0.25, 0.3) is 0 Å². The standard InChI is InChI=1S/C13H20Br8O8/c14-5(15)9(22)26-1-13(2-27-10(23)6(16)17,3-28-11(24)7(18)19)4-29-12(25)8(20)21/h5-12,22-25H,1-4H2/t9-,10-,11-,12-/m0/s1. The Labute approximate surface area is 236 Å². The van der Waals surface area contributed by atoms with Crippen LogP contribution in [0.1, 0.15) is 0 Å². The van der Waals surface area contributed by atoms with Crippen molar-refractivity contribution in [2.75, 3.05) is 26.4 Å². The summed E-state index contributed by atoms with van der Waals surface area (Å²) in [5.74, 6) is 0. The van der Waals surface area contributed by atoms with Gasteiger partial charge in [-0.1, -0.05) is 127 Å². The summed E-state index contributed by atoms with van der Waals surface area (Å²) in [6.07, 6.45) is -4.91. The maximum absolute atomic E-state index is 9.96. The van der Waals surface area contributed by atoms with Crippen LogP contribution in [0, 0.1) is 5.41 Å². The van der Waals surface area contributed by atoms with Crippen LogP contribution in [0.5, 0.6) is 0 Å². The molecule has 4 N–H and O–H groups in total. The van der Waals surface area contributed by atoms with Crippen molar-refractivity contribution in [1.82, 2.24) is 0 Å². The van der Waals surface area contributed by atoms with Gasteiger partial charge < -0.3 is 39.4 Å². The normalized spacial score (nSPS) is 17.4. The summed E-state index contributed by atoms with van der Waals surface area (Å²) in [5, 5.41) is 39.8. The summed E-state index contributed by atoms with van der Waals surface area (Å²) in [6, 6.07) is 0. The number of aliphatic hydroxyl groups excluding tert-OH is 4. The van der Waals surface area contributed by atoms with Gasteiger partial charge >= 0.3 is 0 Å². The molecule has 0 unspecified atom stereocenters. The highest BCUT2D eigenvalue weighted by molar-refractivity contribution is 9.25. The van der Waals surface area contributed by atoms with Gasteiger partial charge in [-0.05, 0) is 0 Å². The molecule has 0 radical (unpaired) electrons. The molecular weight excluding hydrogens is 923 g/mol. The van der Waals surface area contributed by atoms with Crippen LogP contribution >= 0.6 is 127 Å². The zero-order valence-electron chi connectivity index (χ0n) is 14.4. The minimum atomic E-state index is -1.23. The van der Waals surface area contributed by atoms with Crippen molar-refractivity contribution in [3.8, 4) is 0 Å². The Morgan fingerprint density at radius 3 is 0.759 bits per heavy atom. The number of hydrogen-bond acceptors (Lipinski definition) is 8. The topological polar surface area (TPSA) is 118 Å². The summed E-state index contributed by atoms with van der Waals surface area (Å²) >= 11 is 25.1. The first-order valence-electron chi connectivity index (χ1n) is 7.62. The number of alkyl halides is 8. The molecule has 176 valence electrons. The third-order valence-electron chi connectivity index (χ3n) is 3.10. The maximum atomic E-state index is 9.96. The summed E-state index contributed by atoms with van der Waals surface area (Å²) in [5.41, 5.74) is -1.13. The van der Waals surface area contributed by atoms with E-state index in [9.17, 15) is 20.4 Å². The Balaban J connectivity index is 5.47. The van der Waals surface area contributed by atoms with Gasteiger partial charge in [-0.2, -0.15) is 0 Å². The predicted molar refractivity (Wildman–Crippen MR) is 137 cm³/mol. The molecule has 0 rings (SSSR count). The molecule has 4 atom stereocenters. The molecule has 8 nitrogen and oxygen atoms in total. The molecule has 0 amide bonds. The molecule has 0 spiro atoms. The first kappa shape index (κ1) is 32.5. The van der Waals surface area contributed by atoms with Crippen LogP contribution in [-0.4, -0.2) is 87.0 Å². The Hall–Kier alpha value is 3.52. The van der Waals surface area contributed by atoms with Gasteiger partial charge in [0.05, 0.1) is 31.8 Å². The molecule has 16 heteroatoms. The van der Waals surface area contributed by atoms with E-state index in [-0.39, 0.29) is 26.4 Å². The highest BCUT2D eigenvalue weighted by Gasteiger charge is 2.37. The minimum Gasteiger partial charge on any atom is -0.366 e. The molecule has 0 aromatic heterocycles. The van der Waals surface area contributed by atoms with Crippen molar-refractivity contribution in [2.45, 2.75) is 40.1 Å². The molecule has 0 aliphatic heterocycles. The highest BCUT2D eigenvalue weighted by Crippen LogP contribution is 2.28. The fourth-order valence-corrected chi connectivity index (χ4v) is 2.81. The molecule has 0 aliphatic rings. The average Bonchev–Trinajstić information content (AvgIpc) is 2.64. The lowest BCUT2D eigenvalue weighted by Crippen LogP contribution is -2.46. The van der Waals surface area contributed by atoms with E-state index in [4.69, 9.17) is 18.9 Å². The van der Waals surface area contributed by atoms with Crippen molar-refractivity contribution < 1.29 is 39.4 Å². The largest absolute Gasteiger partial charge is 0.366 e. The quantitative estimate of drug-likeness (QED) is 0.137. The van der Waals surface area contributed by atoms with Crippen molar-refractivity contribution in [2.24, 2.45) is 5.41 Å². The molecule has 29 heavy (non-hydrogen) atoms. The van der Waals surface area contributed by atoms with Gasteiger partial charge in [-0.25, -0.2) is 0 Å². The first-order valence-corrected chi connectivity index (χ1v) is 14.9. The van der Waals surface area contributed by atoms with Gasteiger partial charge in [0, 0.05) is 0 Å². The van der Waals surface area contributed by atoms with Crippen molar-refractivity contribution in [1.29, 1.82) is 0 Å². The van der Waals surface area contributed by atoms with Crippen molar-refractivity contribution >= 4 is 127 Å². The molecule has 0 aromatic carbocycles. The zero-order chi connectivity index (χ0) is 22.8. The second-order valence-electron chi connectivity index (χ2n) is 5.64. The lowest BCUT2D eigenvalue weighted by molar-refractivity contribution is -0.215. The van der Waals surface area contributed by atoms with E-state index < -0.39 is 45.5 Å². The summed E-state index contributed by atoms with van der Waals surface area (Å²) in [6.45, 7) is -0.636. The maximum Gasteiger partial charge on any atom is 0.177 e. The van der Waals surface area contributed by atoms with E-state index in [2.05, 4.69) is 127 Å². The van der Waals surface area contributed by atoms with E-state index in [0.717, 1.165) is 0 Å². The lowest BCUT2D eigenvalue weighted by atomic mass is 9.92. The number of rotatable bonds is 16. The monoisotopic (exact) mass is 935 g/mol. The van der Waals surface area contributed by atoms with Gasteiger partial charge in [0.1, 0.15) is 14.9 Å². The van der Waals surface area contributed by atoms with E-state index in [1.165, 1.54) is 0 Å². The smallest absolute Gasteiger partial charge is 0.177 e. The fourth-order valence-electron chi connectivity index (χ4n) is 1.59. The van der Waals surface area contributed by atoms with Crippen LogP contribution in [0.2, 0.25) is 0 Å². The SMILES string of the molecule is O[C@@H](OCC(CO[C@H](O)C(Br)Br)(CO[C@H](O)C(Br)Br)CO[C@H](O)C(Br)Br)C(Br)Br. The summed E-state index contributed by atoms with van der Waals surface area (Å²) in [4.78, 5) is 0. The Bertz CT molecular complexity index is 356. The molecule has 0 fully saturated rings. The number of halogens is 8. The van der Waals surface area contributed by atoms with Crippen molar-refractivity contribution in [3.05, 3.63) is 0 Å². The Morgan fingerprint density at radius 1 is 0.448 bits per heavy atom. The Kier molecular flexibility index (Phi) is 19.1. The van der Waals surface area contributed by atoms with Gasteiger partial charge in [0.25, 0.3) is 0 Å². The third kappa shape index (κ3) is 14.5. The molecule has 0 aromatic rings. The van der Waals surface area contributed by atoms with Gasteiger partial charge in [0.2, 0.25) is 0 Å². The lowest BCUT2D eigenvalue weighted by Gasteiger charge is -2.36. The molecule has 0 heterocycles. The van der Waals surface area contributed by atoms with Gasteiger partial charge in [-0.3, -0.25) is 0 Å². The molecule has 0 saturated carbocycles. The van der Waals surface area contributed by atoms with Crippen LogP contribution < -0.4 is 0 Å². The number of hydrogen-bond donors (Lipinski definition) is 4. The van der Waals surface area contributed by atoms with Crippen LogP contribution in [-0.2, 0) is 18.9 Å². The van der Waals surface area contributed by atoms with Crippen LogP contribution in [0.4, 0.5) is 0 Å². The summed E-state index contributed by atoms with van der Waals surface area (Å²) in [7, 11) is 0. The second kappa shape index (κ2) is 17.0. The Morgan fingerprint density at radius 2 is 0.621 bits per heavy atom. The number of aliphatic hydroxyl groups is 4. The minimum absolute atomic E-state index is 0.159. The average molecular weight is 944 g/mol. The second-order valence-corrected chi connectivity index (χ2v) is 18.5.